The van der Waals surface area contributed by atoms with Gasteiger partial charge in [-0.05, 0) is 38.9 Å². The molecule has 0 fully saturated rings. The van der Waals surface area contributed by atoms with Gasteiger partial charge >= 0.3 is 0 Å². The number of nitrogens with two attached hydrogens (primary N) is 1. The summed E-state index contributed by atoms with van der Waals surface area (Å²) in [6.07, 6.45) is 0. The van der Waals surface area contributed by atoms with Crippen molar-refractivity contribution in [3.05, 3.63) is 46.6 Å². The Hall–Kier alpha value is -1.72. The zero-order valence-electron chi connectivity index (χ0n) is 12.6. The van der Waals surface area contributed by atoms with Gasteiger partial charge < -0.3 is 10.3 Å². The van der Waals surface area contributed by atoms with Crippen LogP contribution in [0, 0.1) is 13.8 Å². The lowest BCUT2D eigenvalue weighted by Gasteiger charge is -2.25. The largest absolute Gasteiger partial charge is 0.338 e. The highest BCUT2D eigenvalue weighted by atomic mass is 16.5. The fourth-order valence-electron chi connectivity index (χ4n) is 2.33. The van der Waals surface area contributed by atoms with Gasteiger partial charge in [0.2, 0.25) is 5.89 Å². The molecule has 1 aromatic carbocycles. The first-order valence-electron chi connectivity index (χ1n) is 6.80. The van der Waals surface area contributed by atoms with E-state index in [4.69, 9.17) is 10.3 Å². The highest BCUT2D eigenvalue weighted by Crippen LogP contribution is 2.24. The Morgan fingerprint density at radius 2 is 2.10 bits per heavy atom. The molecule has 2 rings (SSSR count). The number of benzene rings is 1. The van der Waals surface area contributed by atoms with Gasteiger partial charge in [0.25, 0.3) is 0 Å². The molecule has 0 aliphatic carbocycles. The van der Waals surface area contributed by atoms with Gasteiger partial charge in [0.15, 0.2) is 5.82 Å². The molecule has 2 aromatic rings. The molecule has 0 spiro atoms. The highest BCUT2D eigenvalue weighted by molar-refractivity contribution is 5.32. The maximum atomic E-state index is 5.47. The second-order valence-corrected chi connectivity index (χ2v) is 5.26. The summed E-state index contributed by atoms with van der Waals surface area (Å²) in [5.41, 5.74) is 9.38. The quantitative estimate of drug-likeness (QED) is 0.906. The van der Waals surface area contributed by atoms with Crippen LogP contribution in [0.25, 0.3) is 0 Å². The molecular weight excluding hydrogens is 252 g/mol. The van der Waals surface area contributed by atoms with Gasteiger partial charge in [0.1, 0.15) is 0 Å². The topological polar surface area (TPSA) is 68.2 Å². The first-order valence-corrected chi connectivity index (χ1v) is 6.80. The third-order valence-corrected chi connectivity index (χ3v) is 3.61. The minimum Gasteiger partial charge on any atom is -0.338 e. The highest BCUT2D eigenvalue weighted by Gasteiger charge is 2.16. The number of nitrogens with zero attached hydrogens (tertiary/aromatic N) is 3. The third kappa shape index (κ3) is 3.23. The van der Waals surface area contributed by atoms with Gasteiger partial charge in [-0.25, -0.2) is 0 Å². The molecule has 1 heterocycles. The lowest BCUT2D eigenvalue weighted by molar-refractivity contribution is 0.241. The van der Waals surface area contributed by atoms with Gasteiger partial charge in [-0.2, -0.15) is 4.98 Å². The molecule has 0 aliphatic rings. The Labute approximate surface area is 119 Å². The SMILES string of the molecule is Cc1ccc(C(C)N(C)Cc2noc(CN)n2)c(C)c1. The number of hydrogen-bond donors (Lipinski definition) is 1. The molecule has 0 radical (unpaired) electrons. The van der Waals surface area contributed by atoms with E-state index < -0.39 is 0 Å². The van der Waals surface area contributed by atoms with Gasteiger partial charge in [0, 0.05) is 6.04 Å². The van der Waals surface area contributed by atoms with Crippen molar-refractivity contribution >= 4 is 0 Å². The first kappa shape index (κ1) is 14.7. The Balaban J connectivity index is 2.09. The average Bonchev–Trinajstić information content (AvgIpc) is 2.85. The van der Waals surface area contributed by atoms with E-state index in [2.05, 4.69) is 61.1 Å². The van der Waals surface area contributed by atoms with E-state index >= 15 is 0 Å². The van der Waals surface area contributed by atoms with E-state index in [0.717, 1.165) is 0 Å². The smallest absolute Gasteiger partial charge is 0.240 e. The number of aryl methyl sites for hydroxylation is 2. The van der Waals surface area contributed by atoms with Crippen LogP contribution >= 0.6 is 0 Å². The number of rotatable bonds is 5. The van der Waals surface area contributed by atoms with Crippen LogP contribution in [0.15, 0.2) is 22.7 Å². The Kier molecular flexibility index (Phi) is 4.52. The number of hydrogen-bond acceptors (Lipinski definition) is 5. The molecule has 0 amide bonds. The van der Waals surface area contributed by atoms with Crippen LogP contribution < -0.4 is 5.73 Å². The zero-order valence-corrected chi connectivity index (χ0v) is 12.6. The molecule has 108 valence electrons. The van der Waals surface area contributed by atoms with Crippen molar-refractivity contribution in [2.75, 3.05) is 7.05 Å². The summed E-state index contributed by atoms with van der Waals surface area (Å²) < 4.78 is 5.03. The Morgan fingerprint density at radius 1 is 1.35 bits per heavy atom. The monoisotopic (exact) mass is 274 g/mol. The van der Waals surface area contributed by atoms with Gasteiger partial charge in [-0.1, -0.05) is 28.9 Å². The standard InChI is InChI=1S/C15H22N4O/c1-10-5-6-13(11(2)7-10)12(3)19(4)9-14-17-15(8-16)20-18-14/h5-7,12H,8-9,16H2,1-4H3. The van der Waals surface area contributed by atoms with Crippen LogP contribution in [0.4, 0.5) is 0 Å². The van der Waals surface area contributed by atoms with Gasteiger partial charge in [-0.15, -0.1) is 0 Å². The normalized spacial score (nSPS) is 12.9. The minimum absolute atomic E-state index is 0.281. The fraction of sp³-hybridized carbons (Fsp3) is 0.467. The molecule has 0 saturated carbocycles. The van der Waals surface area contributed by atoms with E-state index in [1.54, 1.807) is 0 Å². The molecule has 0 aliphatic heterocycles. The van der Waals surface area contributed by atoms with E-state index in [9.17, 15) is 0 Å². The molecule has 2 N–H and O–H groups in total. The van der Waals surface area contributed by atoms with Crippen molar-refractivity contribution in [1.82, 2.24) is 15.0 Å². The summed E-state index contributed by atoms with van der Waals surface area (Å²) >= 11 is 0. The average molecular weight is 274 g/mol. The van der Waals surface area contributed by atoms with Gasteiger partial charge in [-0.3, -0.25) is 4.90 Å². The molecule has 1 aromatic heterocycles. The molecule has 1 unspecified atom stereocenters. The van der Waals surface area contributed by atoms with Crippen LogP contribution in [0.5, 0.6) is 0 Å². The van der Waals surface area contributed by atoms with Crippen LogP contribution in [0.3, 0.4) is 0 Å². The van der Waals surface area contributed by atoms with Crippen LogP contribution in [-0.4, -0.2) is 22.1 Å². The van der Waals surface area contributed by atoms with E-state index in [0.29, 0.717) is 18.3 Å². The Bertz CT molecular complexity index is 579. The van der Waals surface area contributed by atoms with Crippen molar-refractivity contribution in [2.24, 2.45) is 5.73 Å². The lowest BCUT2D eigenvalue weighted by atomic mass is 9.99. The summed E-state index contributed by atoms with van der Waals surface area (Å²) in [6, 6.07) is 6.83. The maximum absolute atomic E-state index is 5.47. The van der Waals surface area contributed by atoms with E-state index in [-0.39, 0.29) is 12.6 Å². The number of aromatic nitrogens is 2. The minimum atomic E-state index is 0.281. The van der Waals surface area contributed by atoms with E-state index in [1.165, 1.54) is 16.7 Å². The summed E-state index contributed by atoms with van der Waals surface area (Å²) in [5, 5.41) is 3.93. The maximum Gasteiger partial charge on any atom is 0.240 e. The molecule has 0 bridgehead atoms. The molecule has 1 atom stereocenters. The molecule has 5 heteroatoms. The van der Waals surface area contributed by atoms with Gasteiger partial charge in [0.05, 0.1) is 13.1 Å². The molecule has 0 saturated heterocycles. The fourth-order valence-corrected chi connectivity index (χ4v) is 2.33. The second kappa shape index (κ2) is 6.15. The predicted molar refractivity (Wildman–Crippen MR) is 78.0 cm³/mol. The predicted octanol–water partition coefficient (Wildman–Crippen LogP) is 2.34. The summed E-state index contributed by atoms with van der Waals surface area (Å²) in [7, 11) is 2.06. The third-order valence-electron chi connectivity index (χ3n) is 3.61. The molecule has 20 heavy (non-hydrogen) atoms. The van der Waals surface area contributed by atoms with Crippen molar-refractivity contribution in [3.63, 3.8) is 0 Å². The van der Waals surface area contributed by atoms with Crippen molar-refractivity contribution in [3.8, 4) is 0 Å². The van der Waals surface area contributed by atoms with Crippen molar-refractivity contribution < 1.29 is 4.52 Å². The summed E-state index contributed by atoms with van der Waals surface area (Å²) in [4.78, 5) is 6.43. The van der Waals surface area contributed by atoms with Crippen LogP contribution in [0.1, 0.15) is 41.4 Å². The van der Waals surface area contributed by atoms with Crippen molar-refractivity contribution in [2.45, 2.75) is 39.9 Å². The first-order chi connectivity index (χ1) is 9.51. The van der Waals surface area contributed by atoms with Crippen LogP contribution in [0.2, 0.25) is 0 Å². The Morgan fingerprint density at radius 3 is 2.70 bits per heavy atom. The van der Waals surface area contributed by atoms with Crippen LogP contribution in [-0.2, 0) is 13.1 Å². The molecular formula is C15H22N4O. The summed E-state index contributed by atoms with van der Waals surface area (Å²) in [5.74, 6) is 1.15. The second-order valence-electron chi connectivity index (χ2n) is 5.26. The van der Waals surface area contributed by atoms with Crippen molar-refractivity contribution in [1.29, 1.82) is 0 Å². The zero-order chi connectivity index (χ0) is 14.7. The lowest BCUT2D eigenvalue weighted by Crippen LogP contribution is -2.23. The molecule has 5 nitrogen and oxygen atoms in total. The van der Waals surface area contributed by atoms with E-state index in [1.807, 2.05) is 0 Å². The summed E-state index contributed by atoms with van der Waals surface area (Å²) in [6.45, 7) is 7.36.